The number of furan rings is 1. The molecule has 3 rings (SSSR count). The van der Waals surface area contributed by atoms with Crippen molar-refractivity contribution in [1.29, 1.82) is 0 Å². The highest BCUT2D eigenvalue weighted by molar-refractivity contribution is 8.18. The zero-order valence-corrected chi connectivity index (χ0v) is 16.6. The van der Waals surface area contributed by atoms with Crippen LogP contribution < -0.4 is 14.8 Å². The first-order chi connectivity index (χ1) is 14.5. The zero-order chi connectivity index (χ0) is 21.5. The van der Waals surface area contributed by atoms with E-state index in [0.29, 0.717) is 11.3 Å². The van der Waals surface area contributed by atoms with Gasteiger partial charge in [-0.1, -0.05) is 0 Å². The molecule has 30 heavy (non-hydrogen) atoms. The molecule has 11 heteroatoms. The number of carbonyl (C=O) groups is 3. The van der Waals surface area contributed by atoms with E-state index in [1.165, 1.54) is 38.8 Å². The van der Waals surface area contributed by atoms with Crippen molar-refractivity contribution in [2.24, 2.45) is 10.2 Å². The zero-order valence-electron chi connectivity index (χ0n) is 15.8. The van der Waals surface area contributed by atoms with Gasteiger partial charge in [0.25, 0.3) is 5.91 Å². The Hall–Kier alpha value is -3.86. The molecule has 0 unspecified atom stereocenters. The number of benzene rings is 1. The average Bonchev–Trinajstić information content (AvgIpc) is 3.39. The Balaban J connectivity index is 1.68. The van der Waals surface area contributed by atoms with Crippen LogP contribution in [0.25, 0.3) is 0 Å². The molecule has 1 aromatic carbocycles. The van der Waals surface area contributed by atoms with Crippen LogP contribution in [0.1, 0.15) is 16.1 Å². The number of hydrogen-bond donors (Lipinski definition) is 1. The molecule has 1 aliphatic rings. The monoisotopic (exact) mass is 429 g/mol. The molecular weight excluding hydrogens is 414 g/mol. The highest BCUT2D eigenvalue weighted by atomic mass is 32.2. The van der Waals surface area contributed by atoms with Crippen molar-refractivity contribution >= 4 is 41.0 Å². The van der Waals surface area contributed by atoms with E-state index in [1.54, 1.807) is 18.2 Å². The summed E-state index contributed by atoms with van der Waals surface area (Å²) in [6, 6.07) is 7.84. The molecule has 0 spiro atoms. The molecule has 0 bridgehead atoms. The van der Waals surface area contributed by atoms with Crippen LogP contribution >= 0.6 is 11.8 Å². The summed E-state index contributed by atoms with van der Waals surface area (Å²) in [5.41, 5.74) is 0.605. The van der Waals surface area contributed by atoms with E-state index >= 15 is 0 Å². The number of nitrogens with one attached hydrogen (secondary N) is 1. The van der Waals surface area contributed by atoms with E-state index in [1.807, 2.05) is 0 Å². The molecule has 154 valence electrons. The Kier molecular flexibility index (Phi) is 6.65. The SMILES string of the molecule is COC(=O)/C=C1/S/C(=N\N=Cc2ccc(OC(=O)c3ccco3)c(OC)c2)NC1=O. The van der Waals surface area contributed by atoms with Gasteiger partial charge in [-0.25, -0.2) is 9.59 Å². The average molecular weight is 429 g/mol. The van der Waals surface area contributed by atoms with Crippen molar-refractivity contribution in [2.75, 3.05) is 14.2 Å². The van der Waals surface area contributed by atoms with Crippen molar-refractivity contribution in [1.82, 2.24) is 5.32 Å². The summed E-state index contributed by atoms with van der Waals surface area (Å²) in [6.45, 7) is 0. The lowest BCUT2D eigenvalue weighted by Gasteiger charge is -2.08. The van der Waals surface area contributed by atoms with Gasteiger partial charge in [0, 0.05) is 6.08 Å². The minimum atomic E-state index is -0.657. The molecule has 0 aliphatic carbocycles. The molecule has 2 heterocycles. The number of carbonyl (C=O) groups excluding carboxylic acids is 3. The molecule has 1 amide bonds. The molecule has 10 nitrogen and oxygen atoms in total. The van der Waals surface area contributed by atoms with Crippen LogP contribution in [-0.2, 0) is 14.3 Å². The van der Waals surface area contributed by atoms with E-state index in [0.717, 1.165) is 17.8 Å². The molecule has 0 radical (unpaired) electrons. The fourth-order valence-electron chi connectivity index (χ4n) is 2.18. The third-order valence-corrected chi connectivity index (χ3v) is 4.47. The summed E-state index contributed by atoms with van der Waals surface area (Å²) in [4.78, 5) is 35.1. The van der Waals surface area contributed by atoms with Gasteiger partial charge in [-0.2, -0.15) is 5.10 Å². The van der Waals surface area contributed by atoms with Crippen LogP contribution in [0.4, 0.5) is 0 Å². The van der Waals surface area contributed by atoms with Crippen molar-refractivity contribution < 1.29 is 33.0 Å². The Morgan fingerprint density at radius 1 is 1.20 bits per heavy atom. The van der Waals surface area contributed by atoms with E-state index < -0.39 is 17.8 Å². The second-order valence-electron chi connectivity index (χ2n) is 5.51. The predicted molar refractivity (Wildman–Crippen MR) is 108 cm³/mol. The first-order valence-electron chi connectivity index (χ1n) is 8.33. The molecule has 2 aromatic rings. The first kappa shape index (κ1) is 20.9. The Morgan fingerprint density at radius 2 is 2.03 bits per heavy atom. The fourth-order valence-corrected chi connectivity index (χ4v) is 2.92. The number of amidine groups is 1. The summed E-state index contributed by atoms with van der Waals surface area (Å²) in [7, 11) is 2.65. The highest BCUT2D eigenvalue weighted by Gasteiger charge is 2.25. The van der Waals surface area contributed by atoms with Gasteiger partial charge in [-0.15, -0.1) is 5.10 Å². The summed E-state index contributed by atoms with van der Waals surface area (Å²) < 4.78 is 20.0. The summed E-state index contributed by atoms with van der Waals surface area (Å²) in [5.74, 6) is -1.19. The number of thioether (sulfide) groups is 1. The maximum atomic E-state index is 12.0. The van der Waals surface area contributed by atoms with E-state index in [4.69, 9.17) is 13.9 Å². The fraction of sp³-hybridized carbons (Fsp3) is 0.105. The number of ether oxygens (including phenoxy) is 3. The third kappa shape index (κ3) is 5.14. The van der Waals surface area contributed by atoms with Gasteiger partial charge in [0.15, 0.2) is 16.7 Å². The molecule has 1 saturated heterocycles. The summed E-state index contributed by atoms with van der Waals surface area (Å²) >= 11 is 0.958. The summed E-state index contributed by atoms with van der Waals surface area (Å²) in [5, 5.41) is 10.5. The van der Waals surface area contributed by atoms with Crippen LogP contribution in [0, 0.1) is 0 Å². The first-order valence-corrected chi connectivity index (χ1v) is 9.15. The largest absolute Gasteiger partial charge is 0.493 e. The Labute approximate surface area is 174 Å². The van der Waals surface area contributed by atoms with Crippen LogP contribution in [0.2, 0.25) is 0 Å². The van der Waals surface area contributed by atoms with Gasteiger partial charge < -0.3 is 18.6 Å². The Bertz CT molecular complexity index is 1060. The third-order valence-electron chi connectivity index (χ3n) is 3.57. The van der Waals surface area contributed by atoms with Gasteiger partial charge in [0.1, 0.15) is 0 Å². The minimum Gasteiger partial charge on any atom is -0.493 e. The number of nitrogens with zero attached hydrogens (tertiary/aromatic N) is 2. The van der Waals surface area contributed by atoms with Crippen molar-refractivity contribution in [3.63, 3.8) is 0 Å². The predicted octanol–water partition coefficient (Wildman–Crippen LogP) is 2.12. The van der Waals surface area contributed by atoms with Gasteiger partial charge in [0.05, 0.1) is 31.6 Å². The minimum absolute atomic E-state index is 0.0650. The van der Waals surface area contributed by atoms with Crippen LogP contribution in [0.3, 0.4) is 0 Å². The van der Waals surface area contributed by atoms with Crippen molar-refractivity contribution in [3.8, 4) is 11.5 Å². The highest BCUT2D eigenvalue weighted by Crippen LogP contribution is 2.28. The van der Waals surface area contributed by atoms with E-state index in [-0.39, 0.29) is 21.6 Å². The molecular formula is C19H15N3O7S. The second kappa shape index (κ2) is 9.56. The van der Waals surface area contributed by atoms with E-state index in [2.05, 4.69) is 20.3 Å². The van der Waals surface area contributed by atoms with Gasteiger partial charge >= 0.3 is 11.9 Å². The molecule has 1 aliphatic heterocycles. The molecule has 1 N–H and O–H groups in total. The molecule has 1 aromatic heterocycles. The summed E-state index contributed by atoms with van der Waals surface area (Å²) in [6.07, 6.45) is 3.86. The van der Waals surface area contributed by atoms with E-state index in [9.17, 15) is 14.4 Å². The van der Waals surface area contributed by atoms with Gasteiger partial charge in [0.2, 0.25) is 5.76 Å². The van der Waals surface area contributed by atoms with Gasteiger partial charge in [-0.3, -0.25) is 10.1 Å². The van der Waals surface area contributed by atoms with Crippen molar-refractivity contribution in [2.45, 2.75) is 0 Å². The smallest absolute Gasteiger partial charge is 0.379 e. The number of esters is 2. The maximum absolute atomic E-state index is 12.0. The lowest BCUT2D eigenvalue weighted by atomic mass is 10.2. The number of amides is 1. The Morgan fingerprint density at radius 3 is 2.73 bits per heavy atom. The lowest BCUT2D eigenvalue weighted by Crippen LogP contribution is -2.19. The normalized spacial score (nSPS) is 16.1. The van der Waals surface area contributed by atoms with Crippen LogP contribution in [-0.4, -0.2) is 43.4 Å². The van der Waals surface area contributed by atoms with Crippen LogP contribution in [0.5, 0.6) is 11.5 Å². The number of rotatable bonds is 6. The number of methoxy groups -OCH3 is 2. The standard InChI is InChI=1S/C19H15N3O7S/c1-26-14-8-11(5-6-12(14)29-18(25)13-4-3-7-28-13)10-20-22-19-21-17(24)15(30-19)9-16(23)27-2/h3-10H,1-2H3,(H,21,22,24)/b15-9+,20-10?. The molecule has 1 fully saturated rings. The quantitative estimate of drug-likeness (QED) is 0.243. The number of hydrogen-bond acceptors (Lipinski definition) is 10. The lowest BCUT2D eigenvalue weighted by molar-refractivity contribution is -0.135. The topological polar surface area (TPSA) is 129 Å². The maximum Gasteiger partial charge on any atom is 0.379 e. The second-order valence-corrected chi connectivity index (χ2v) is 6.55. The molecule has 0 atom stereocenters. The van der Waals surface area contributed by atoms with Gasteiger partial charge in [-0.05, 0) is 47.7 Å². The van der Waals surface area contributed by atoms with Crippen LogP contribution in [0.15, 0.2) is 62.2 Å². The molecule has 0 saturated carbocycles. The van der Waals surface area contributed by atoms with Crippen molar-refractivity contribution in [3.05, 3.63) is 58.9 Å².